The Bertz CT molecular complexity index is 451. The normalized spacial score (nSPS) is 23.9. The average Bonchev–Trinajstić information content (AvgIpc) is 2.41. The molecular weight excluding hydrogens is 307 g/mol. The second-order valence-corrected chi connectivity index (χ2v) is 7.51. The highest BCUT2D eigenvalue weighted by molar-refractivity contribution is 8.07. The molecule has 2 atom stereocenters. The van der Waals surface area contributed by atoms with Gasteiger partial charge in [-0.2, -0.15) is 11.8 Å². The number of thioether (sulfide) groups is 2. The predicted octanol–water partition coefficient (Wildman–Crippen LogP) is 4.80. The number of carbonyl (C=O) groups excluding carboxylic acids is 1. The maximum absolute atomic E-state index is 12.5. The highest BCUT2D eigenvalue weighted by Gasteiger charge is 2.31. The van der Waals surface area contributed by atoms with Crippen LogP contribution in [0.25, 0.3) is 0 Å². The van der Waals surface area contributed by atoms with Gasteiger partial charge in [-0.05, 0) is 24.6 Å². The number of hydrogen-bond donors (Lipinski definition) is 0. The topological polar surface area (TPSA) is 17.1 Å². The van der Waals surface area contributed by atoms with Crippen molar-refractivity contribution in [1.29, 1.82) is 0 Å². The van der Waals surface area contributed by atoms with Crippen LogP contribution in [0.3, 0.4) is 0 Å². The predicted molar refractivity (Wildman–Crippen MR) is 83.6 cm³/mol. The van der Waals surface area contributed by atoms with Gasteiger partial charge in [-0.1, -0.05) is 30.1 Å². The van der Waals surface area contributed by atoms with Gasteiger partial charge in [-0.3, -0.25) is 4.79 Å². The van der Waals surface area contributed by atoms with Gasteiger partial charge in [0.15, 0.2) is 5.78 Å². The van der Waals surface area contributed by atoms with Crippen LogP contribution in [0, 0.1) is 0 Å². The fourth-order valence-corrected chi connectivity index (χ4v) is 5.28. The first kappa shape index (κ1) is 14.6. The zero-order chi connectivity index (χ0) is 13.1. The van der Waals surface area contributed by atoms with Crippen molar-refractivity contribution in [2.45, 2.75) is 23.8 Å². The van der Waals surface area contributed by atoms with Gasteiger partial charge in [0.05, 0.1) is 15.3 Å². The highest BCUT2D eigenvalue weighted by atomic mass is 35.5. The average molecular weight is 321 g/mol. The summed E-state index contributed by atoms with van der Waals surface area (Å²) >= 11 is 15.5. The number of Topliss-reactive ketones (excluding diaryl/α,β-unsaturated/α-hetero) is 1. The van der Waals surface area contributed by atoms with Crippen LogP contribution >= 0.6 is 46.7 Å². The third kappa shape index (κ3) is 3.19. The van der Waals surface area contributed by atoms with E-state index in [9.17, 15) is 4.79 Å². The molecule has 2 unspecified atom stereocenters. The van der Waals surface area contributed by atoms with Crippen LogP contribution in [0.15, 0.2) is 18.2 Å². The lowest BCUT2D eigenvalue weighted by Gasteiger charge is -2.28. The Hall–Kier alpha value is 0.170. The molecule has 1 fully saturated rings. The number of hydrogen-bond acceptors (Lipinski definition) is 3. The van der Waals surface area contributed by atoms with Crippen LogP contribution in [0.4, 0.5) is 0 Å². The van der Waals surface area contributed by atoms with Crippen LogP contribution in [-0.4, -0.2) is 27.8 Å². The molecule has 0 aromatic heterocycles. The summed E-state index contributed by atoms with van der Waals surface area (Å²) in [7, 11) is 0. The minimum Gasteiger partial charge on any atom is -0.293 e. The molecule has 1 aromatic rings. The first-order valence-electron chi connectivity index (χ1n) is 5.86. The van der Waals surface area contributed by atoms with Crippen LogP contribution in [0.2, 0.25) is 10.0 Å². The summed E-state index contributed by atoms with van der Waals surface area (Å²) in [4.78, 5) is 12.5. The molecule has 0 spiro atoms. The van der Waals surface area contributed by atoms with Gasteiger partial charge in [0, 0.05) is 22.3 Å². The van der Waals surface area contributed by atoms with E-state index in [4.69, 9.17) is 23.2 Å². The first-order chi connectivity index (χ1) is 8.63. The first-order valence-corrected chi connectivity index (χ1v) is 8.71. The summed E-state index contributed by atoms with van der Waals surface area (Å²) in [6, 6.07) is 5.14. The zero-order valence-corrected chi connectivity index (χ0v) is 13.1. The van der Waals surface area contributed by atoms with Crippen molar-refractivity contribution in [2.24, 2.45) is 0 Å². The Morgan fingerprint density at radius 1 is 1.28 bits per heavy atom. The van der Waals surface area contributed by atoms with E-state index < -0.39 is 0 Å². The van der Waals surface area contributed by atoms with Gasteiger partial charge in [0.25, 0.3) is 0 Å². The molecule has 0 aliphatic carbocycles. The summed E-state index contributed by atoms with van der Waals surface area (Å²) < 4.78 is 0. The van der Waals surface area contributed by atoms with E-state index in [1.165, 1.54) is 0 Å². The van der Waals surface area contributed by atoms with E-state index >= 15 is 0 Å². The number of benzene rings is 1. The lowest BCUT2D eigenvalue weighted by atomic mass is 10.0. The monoisotopic (exact) mass is 320 g/mol. The van der Waals surface area contributed by atoms with E-state index in [0.29, 0.717) is 20.9 Å². The highest BCUT2D eigenvalue weighted by Crippen LogP contribution is 2.35. The van der Waals surface area contributed by atoms with Gasteiger partial charge in [-0.25, -0.2) is 0 Å². The summed E-state index contributed by atoms with van der Waals surface area (Å²) in [5.41, 5.74) is 0.669. The summed E-state index contributed by atoms with van der Waals surface area (Å²) in [5, 5.41) is 1.40. The minimum atomic E-state index is 0.0472. The molecule has 98 valence electrons. The Balaban J connectivity index is 2.21. The number of rotatable bonds is 3. The van der Waals surface area contributed by atoms with E-state index in [0.717, 1.165) is 17.9 Å². The van der Waals surface area contributed by atoms with Crippen LogP contribution < -0.4 is 0 Å². The largest absolute Gasteiger partial charge is 0.293 e. The zero-order valence-electron chi connectivity index (χ0n) is 9.99. The molecule has 1 heterocycles. The van der Waals surface area contributed by atoms with Crippen molar-refractivity contribution in [3.05, 3.63) is 33.8 Å². The Kier molecular flexibility index (Phi) is 5.31. The molecule has 0 radical (unpaired) electrons. The molecule has 0 N–H and O–H groups in total. The van der Waals surface area contributed by atoms with Gasteiger partial charge >= 0.3 is 0 Å². The molecule has 5 heteroatoms. The van der Waals surface area contributed by atoms with E-state index in [1.807, 2.05) is 11.8 Å². The van der Waals surface area contributed by atoms with Gasteiger partial charge in [0.1, 0.15) is 0 Å². The summed E-state index contributed by atoms with van der Waals surface area (Å²) in [6.07, 6.45) is 1.02. The molecular formula is C13H14Cl2OS2. The lowest BCUT2D eigenvalue weighted by molar-refractivity contribution is 0.0988. The molecule has 0 saturated carbocycles. The molecule has 1 aliphatic heterocycles. The minimum absolute atomic E-state index is 0.0472. The molecule has 1 saturated heterocycles. The lowest BCUT2D eigenvalue weighted by Crippen LogP contribution is -2.32. The van der Waals surface area contributed by atoms with E-state index in [-0.39, 0.29) is 11.0 Å². The number of carbonyl (C=O) groups is 1. The SMILES string of the molecule is CCC1SCCSC1C(=O)c1ccc(Cl)c(Cl)c1. The van der Waals surface area contributed by atoms with Crippen molar-refractivity contribution in [2.75, 3.05) is 11.5 Å². The molecule has 18 heavy (non-hydrogen) atoms. The van der Waals surface area contributed by atoms with Gasteiger partial charge < -0.3 is 0 Å². The molecule has 0 bridgehead atoms. The van der Waals surface area contributed by atoms with Crippen LogP contribution in [0.1, 0.15) is 23.7 Å². The van der Waals surface area contributed by atoms with Crippen LogP contribution in [-0.2, 0) is 0 Å². The smallest absolute Gasteiger partial charge is 0.176 e. The maximum atomic E-state index is 12.5. The second kappa shape index (κ2) is 6.56. The maximum Gasteiger partial charge on any atom is 0.176 e. The van der Waals surface area contributed by atoms with Gasteiger partial charge in [-0.15, -0.1) is 11.8 Å². The van der Waals surface area contributed by atoms with Crippen molar-refractivity contribution < 1.29 is 4.79 Å². The fourth-order valence-electron chi connectivity index (χ4n) is 1.96. The molecule has 2 rings (SSSR count). The van der Waals surface area contributed by atoms with Gasteiger partial charge in [0.2, 0.25) is 0 Å². The Morgan fingerprint density at radius 2 is 2.00 bits per heavy atom. The Morgan fingerprint density at radius 3 is 2.67 bits per heavy atom. The Labute approximate surface area is 126 Å². The fraction of sp³-hybridized carbons (Fsp3) is 0.462. The summed E-state index contributed by atoms with van der Waals surface area (Å²) in [5.74, 6) is 2.35. The second-order valence-electron chi connectivity index (χ2n) is 4.10. The molecule has 1 aromatic carbocycles. The number of halogens is 2. The van der Waals surface area contributed by atoms with E-state index in [1.54, 1.807) is 30.0 Å². The third-order valence-electron chi connectivity index (χ3n) is 2.92. The molecule has 0 amide bonds. The molecule has 1 aliphatic rings. The summed E-state index contributed by atoms with van der Waals surface area (Å²) in [6.45, 7) is 2.14. The van der Waals surface area contributed by atoms with Crippen molar-refractivity contribution in [3.8, 4) is 0 Å². The van der Waals surface area contributed by atoms with Crippen molar-refractivity contribution in [3.63, 3.8) is 0 Å². The van der Waals surface area contributed by atoms with Crippen molar-refractivity contribution in [1.82, 2.24) is 0 Å². The number of ketones is 1. The standard InChI is InChI=1S/C13H14Cl2OS2/c1-2-11-13(18-6-5-17-11)12(16)8-3-4-9(14)10(15)7-8/h3-4,7,11,13H,2,5-6H2,1H3. The third-order valence-corrected chi connectivity index (χ3v) is 6.90. The molecule has 1 nitrogen and oxygen atoms in total. The quantitative estimate of drug-likeness (QED) is 0.744. The van der Waals surface area contributed by atoms with E-state index in [2.05, 4.69) is 6.92 Å². The van der Waals surface area contributed by atoms with Crippen molar-refractivity contribution >= 4 is 52.5 Å². The van der Waals surface area contributed by atoms with Crippen LogP contribution in [0.5, 0.6) is 0 Å².